The molecule has 2 aromatic rings. The lowest BCUT2D eigenvalue weighted by Crippen LogP contribution is -2.30. The van der Waals surface area contributed by atoms with E-state index in [4.69, 9.17) is 17.4 Å². The maximum atomic E-state index is 6.24. The van der Waals surface area contributed by atoms with E-state index in [-0.39, 0.29) is 6.04 Å². The normalized spacial score (nSPS) is 13.0. The first-order valence-electron chi connectivity index (χ1n) is 4.82. The van der Waals surface area contributed by atoms with Crippen LogP contribution in [-0.2, 0) is 7.05 Å². The Kier molecular flexibility index (Phi) is 3.30. The molecule has 2 aromatic heterocycles. The van der Waals surface area contributed by atoms with Crippen LogP contribution < -0.4 is 11.3 Å². The average molecular weight is 257 g/mol. The van der Waals surface area contributed by atoms with E-state index in [2.05, 4.69) is 10.5 Å². The summed E-state index contributed by atoms with van der Waals surface area (Å²) in [6.45, 7) is 1.99. The summed E-state index contributed by atoms with van der Waals surface area (Å²) in [5.74, 6) is 5.60. The molecular weight excluding hydrogens is 244 g/mol. The molecule has 3 N–H and O–H groups in total. The fraction of sp³-hybridized carbons (Fsp3) is 0.300. The predicted molar refractivity (Wildman–Crippen MR) is 66.4 cm³/mol. The molecule has 0 saturated carbocycles. The van der Waals surface area contributed by atoms with Crippen LogP contribution in [0.4, 0.5) is 0 Å². The number of hydrazine groups is 1. The molecule has 86 valence electrons. The number of aromatic nitrogens is 2. The Bertz CT molecular complexity index is 491. The second kappa shape index (κ2) is 4.55. The Morgan fingerprint density at radius 2 is 2.38 bits per heavy atom. The van der Waals surface area contributed by atoms with Gasteiger partial charge in [-0.25, -0.2) is 5.43 Å². The highest BCUT2D eigenvalue weighted by atomic mass is 35.5. The number of nitrogens with two attached hydrogens (primary N) is 1. The van der Waals surface area contributed by atoms with Gasteiger partial charge in [0.05, 0.1) is 16.8 Å². The minimum atomic E-state index is -0.112. The van der Waals surface area contributed by atoms with Crippen LogP contribution >= 0.6 is 22.9 Å². The summed E-state index contributed by atoms with van der Waals surface area (Å²) < 4.78 is 1.79. The summed E-state index contributed by atoms with van der Waals surface area (Å²) in [5, 5.41) is 6.93. The zero-order chi connectivity index (χ0) is 11.7. The smallest absolute Gasteiger partial charge is 0.0984 e. The summed E-state index contributed by atoms with van der Waals surface area (Å²) >= 11 is 7.84. The van der Waals surface area contributed by atoms with Gasteiger partial charge < -0.3 is 0 Å². The molecule has 2 heterocycles. The summed E-state index contributed by atoms with van der Waals surface area (Å²) in [6.07, 6.45) is 1.74. The number of hydrogen-bond acceptors (Lipinski definition) is 4. The molecule has 1 unspecified atom stereocenters. The number of hydrogen-bond donors (Lipinski definition) is 2. The number of aryl methyl sites for hydroxylation is 2. The van der Waals surface area contributed by atoms with Crippen molar-refractivity contribution < 1.29 is 0 Å². The Hall–Kier alpha value is -0.880. The van der Waals surface area contributed by atoms with E-state index in [0.29, 0.717) is 0 Å². The maximum Gasteiger partial charge on any atom is 0.0984 e. The molecule has 0 radical (unpaired) electrons. The molecule has 2 rings (SSSR count). The van der Waals surface area contributed by atoms with E-state index in [1.165, 1.54) is 0 Å². The second-order valence-corrected chi connectivity index (χ2v) is 4.87. The molecule has 1 atom stereocenters. The molecule has 16 heavy (non-hydrogen) atoms. The topological polar surface area (TPSA) is 55.9 Å². The van der Waals surface area contributed by atoms with Crippen LogP contribution in [0.1, 0.15) is 22.2 Å². The zero-order valence-electron chi connectivity index (χ0n) is 9.07. The van der Waals surface area contributed by atoms with Crippen LogP contribution in [0.5, 0.6) is 0 Å². The van der Waals surface area contributed by atoms with Crippen LogP contribution in [-0.4, -0.2) is 9.78 Å². The van der Waals surface area contributed by atoms with E-state index in [1.807, 2.05) is 25.4 Å². The third kappa shape index (κ3) is 1.87. The van der Waals surface area contributed by atoms with Crippen molar-refractivity contribution in [3.05, 3.63) is 38.8 Å². The maximum absolute atomic E-state index is 6.24. The van der Waals surface area contributed by atoms with Gasteiger partial charge in [-0.1, -0.05) is 11.6 Å². The standard InChI is InChI=1S/C10H13ClN4S/c1-6-5-16-10(8(6)11)9(14-12)7-3-4-13-15(7)2/h3-5,9,14H,12H2,1-2H3. The minimum absolute atomic E-state index is 0.112. The fourth-order valence-electron chi connectivity index (χ4n) is 1.61. The van der Waals surface area contributed by atoms with Gasteiger partial charge in [0.15, 0.2) is 0 Å². The molecule has 6 heteroatoms. The molecule has 0 aliphatic rings. The van der Waals surface area contributed by atoms with Gasteiger partial charge in [-0.3, -0.25) is 10.5 Å². The Morgan fingerprint density at radius 1 is 1.62 bits per heavy atom. The van der Waals surface area contributed by atoms with E-state index in [1.54, 1.807) is 22.2 Å². The van der Waals surface area contributed by atoms with Gasteiger partial charge in [0.25, 0.3) is 0 Å². The first-order valence-corrected chi connectivity index (χ1v) is 6.08. The Balaban J connectivity index is 2.45. The first kappa shape index (κ1) is 11.6. The van der Waals surface area contributed by atoms with Crippen LogP contribution in [0, 0.1) is 6.92 Å². The van der Waals surface area contributed by atoms with Crippen LogP contribution in [0.25, 0.3) is 0 Å². The largest absolute Gasteiger partial charge is 0.271 e. The molecule has 0 saturated heterocycles. The van der Waals surface area contributed by atoms with Crippen LogP contribution in [0.3, 0.4) is 0 Å². The highest BCUT2D eigenvalue weighted by molar-refractivity contribution is 7.10. The monoisotopic (exact) mass is 256 g/mol. The number of halogens is 1. The van der Waals surface area contributed by atoms with E-state index < -0.39 is 0 Å². The third-order valence-corrected chi connectivity index (χ3v) is 4.29. The Labute approximate surface area is 103 Å². The van der Waals surface area contributed by atoms with Crippen molar-refractivity contribution in [2.45, 2.75) is 13.0 Å². The molecule has 0 spiro atoms. The molecule has 0 aromatic carbocycles. The van der Waals surface area contributed by atoms with E-state index in [9.17, 15) is 0 Å². The van der Waals surface area contributed by atoms with Crippen molar-refractivity contribution in [2.24, 2.45) is 12.9 Å². The summed E-state index contributed by atoms with van der Waals surface area (Å²) in [6, 6.07) is 1.81. The SMILES string of the molecule is Cc1csc(C(NN)c2ccnn2C)c1Cl. The predicted octanol–water partition coefficient (Wildman–Crippen LogP) is 2.00. The number of rotatable bonds is 3. The van der Waals surface area contributed by atoms with Crippen molar-refractivity contribution in [1.82, 2.24) is 15.2 Å². The second-order valence-electron chi connectivity index (χ2n) is 3.58. The third-order valence-electron chi connectivity index (χ3n) is 2.51. The van der Waals surface area contributed by atoms with Crippen molar-refractivity contribution in [3.63, 3.8) is 0 Å². The average Bonchev–Trinajstić information content (AvgIpc) is 2.81. The van der Waals surface area contributed by atoms with Gasteiger partial charge in [0, 0.05) is 18.1 Å². The van der Waals surface area contributed by atoms with Crippen LogP contribution in [0.15, 0.2) is 17.6 Å². The molecule has 0 aliphatic carbocycles. The van der Waals surface area contributed by atoms with Gasteiger partial charge in [0.2, 0.25) is 0 Å². The number of nitrogens with one attached hydrogen (secondary N) is 1. The lowest BCUT2D eigenvalue weighted by molar-refractivity contribution is 0.582. The molecule has 4 nitrogen and oxygen atoms in total. The Morgan fingerprint density at radius 3 is 2.81 bits per heavy atom. The van der Waals surface area contributed by atoms with Crippen molar-refractivity contribution in [2.75, 3.05) is 0 Å². The quantitative estimate of drug-likeness (QED) is 0.652. The molecule has 0 amide bonds. The highest BCUT2D eigenvalue weighted by Crippen LogP contribution is 2.34. The molecule has 0 bridgehead atoms. The summed E-state index contributed by atoms with van der Waals surface area (Å²) in [4.78, 5) is 1.02. The summed E-state index contributed by atoms with van der Waals surface area (Å²) in [5.41, 5.74) is 4.85. The molecule has 0 aliphatic heterocycles. The lowest BCUT2D eigenvalue weighted by atomic mass is 10.1. The van der Waals surface area contributed by atoms with Crippen LogP contribution in [0.2, 0.25) is 5.02 Å². The van der Waals surface area contributed by atoms with E-state index >= 15 is 0 Å². The zero-order valence-corrected chi connectivity index (χ0v) is 10.6. The number of nitrogens with zero attached hydrogens (tertiary/aromatic N) is 2. The van der Waals surface area contributed by atoms with Gasteiger partial charge in [0.1, 0.15) is 0 Å². The first-order chi connectivity index (χ1) is 7.65. The number of thiophene rings is 1. The van der Waals surface area contributed by atoms with Crippen molar-refractivity contribution >= 4 is 22.9 Å². The lowest BCUT2D eigenvalue weighted by Gasteiger charge is -2.15. The highest BCUT2D eigenvalue weighted by Gasteiger charge is 2.21. The molecule has 0 fully saturated rings. The fourth-order valence-corrected chi connectivity index (χ4v) is 2.98. The molecular formula is C10H13ClN4S. The van der Waals surface area contributed by atoms with E-state index in [0.717, 1.165) is 21.2 Å². The van der Waals surface area contributed by atoms with Gasteiger partial charge in [-0.2, -0.15) is 5.10 Å². The van der Waals surface area contributed by atoms with Gasteiger partial charge in [-0.15, -0.1) is 11.3 Å². The van der Waals surface area contributed by atoms with Gasteiger partial charge >= 0.3 is 0 Å². The minimum Gasteiger partial charge on any atom is -0.271 e. The van der Waals surface area contributed by atoms with Crippen molar-refractivity contribution in [1.29, 1.82) is 0 Å². The van der Waals surface area contributed by atoms with Gasteiger partial charge in [-0.05, 0) is 23.9 Å². The summed E-state index contributed by atoms with van der Waals surface area (Å²) in [7, 11) is 1.88. The van der Waals surface area contributed by atoms with Crippen molar-refractivity contribution in [3.8, 4) is 0 Å².